The van der Waals surface area contributed by atoms with Crippen LogP contribution in [-0.2, 0) is 37.1 Å². The standard InChI is InChI=1S/C13H16N2O.C13H18N2.C6H14O4.Al.Na.2H2S.2H/c14-11-9-15(12(16)13(11)6-7-13)8-10-4-2-1-3-5-10;14-12-9-15(10-13(12)6-7-13)8-11-4-2-1-3-5-11;1-7-3-5-9-10-6-4-8-2;;;;;;/h1-5,11H,6-9,14H2;1-5,12H,6-10,14H2;3-6H2,1-2H3;;;2*1H2;;/t11-;12-;;;;;;;/m11......./s1. The summed E-state index contributed by atoms with van der Waals surface area (Å²) in [5.41, 5.74) is 15.1. The zero-order valence-electron chi connectivity index (χ0n) is 27.7. The zero-order valence-corrected chi connectivity index (χ0v) is 33.7. The molecule has 1 amide bonds. The molecule has 248 valence electrons. The summed E-state index contributed by atoms with van der Waals surface area (Å²) in [4.78, 5) is 25.9. The van der Waals surface area contributed by atoms with E-state index in [9.17, 15) is 4.79 Å². The van der Waals surface area contributed by atoms with Gasteiger partial charge >= 0.3 is 0 Å². The summed E-state index contributed by atoms with van der Waals surface area (Å²) >= 11 is 0. The van der Waals surface area contributed by atoms with Crippen LogP contribution in [0.1, 0.15) is 36.8 Å². The Morgan fingerprint density at radius 1 is 0.733 bits per heavy atom. The topological polar surface area (TPSA) is 113 Å². The number of benzene rings is 2. The van der Waals surface area contributed by atoms with Crippen molar-refractivity contribution in [1.29, 1.82) is 0 Å². The Bertz CT molecular complexity index is 1070. The normalized spacial score (nSPS) is 21.2. The quantitative estimate of drug-likeness (QED) is 0.160. The summed E-state index contributed by atoms with van der Waals surface area (Å²) < 4.78 is 9.42. The number of amides is 1. The first-order chi connectivity index (χ1) is 19.9. The van der Waals surface area contributed by atoms with Gasteiger partial charge in [-0.15, -0.1) is 0 Å². The molecule has 2 atom stereocenters. The van der Waals surface area contributed by atoms with Gasteiger partial charge in [0.2, 0.25) is 5.91 Å². The molecule has 9 nitrogen and oxygen atoms in total. The molecule has 13 heteroatoms. The summed E-state index contributed by atoms with van der Waals surface area (Å²) in [5.74, 6) is 0.267. The van der Waals surface area contributed by atoms with Gasteiger partial charge in [0.25, 0.3) is 0 Å². The molecular formula is C32H54AlN4NaO5S2. The van der Waals surface area contributed by atoms with Crippen molar-refractivity contribution >= 4 is 79.8 Å². The monoisotopic (exact) mass is 688 g/mol. The molecule has 4 N–H and O–H groups in total. The first-order valence-electron chi connectivity index (χ1n) is 14.8. The van der Waals surface area contributed by atoms with E-state index < -0.39 is 0 Å². The van der Waals surface area contributed by atoms with E-state index in [1.807, 2.05) is 23.1 Å². The fourth-order valence-corrected chi connectivity index (χ4v) is 5.73. The van der Waals surface area contributed by atoms with E-state index in [1.165, 1.54) is 30.5 Å². The third kappa shape index (κ3) is 13.4. The van der Waals surface area contributed by atoms with Crippen molar-refractivity contribution < 1.29 is 24.0 Å². The van der Waals surface area contributed by atoms with E-state index in [0.29, 0.717) is 51.0 Å². The van der Waals surface area contributed by atoms with Crippen LogP contribution < -0.4 is 11.5 Å². The van der Waals surface area contributed by atoms with Crippen molar-refractivity contribution in [1.82, 2.24) is 9.80 Å². The van der Waals surface area contributed by atoms with E-state index in [1.54, 1.807) is 14.2 Å². The van der Waals surface area contributed by atoms with Crippen molar-refractivity contribution in [2.24, 2.45) is 22.3 Å². The number of hydrogen-bond donors (Lipinski definition) is 2. The number of carbonyl (C=O) groups is 1. The summed E-state index contributed by atoms with van der Waals surface area (Å²) in [6.07, 6.45) is 4.66. The molecule has 45 heavy (non-hydrogen) atoms. The molecule has 4 aliphatic rings. The molecule has 2 aromatic rings. The first-order valence-corrected chi connectivity index (χ1v) is 14.8. The maximum Gasteiger partial charge on any atom is 0.230 e. The van der Waals surface area contributed by atoms with Gasteiger partial charge in [-0.25, -0.2) is 9.78 Å². The fraction of sp³-hybridized carbons (Fsp3) is 0.594. The van der Waals surface area contributed by atoms with Gasteiger partial charge in [-0.2, -0.15) is 27.0 Å². The molecular weight excluding hydrogens is 634 g/mol. The van der Waals surface area contributed by atoms with Crippen LogP contribution >= 0.6 is 27.0 Å². The van der Waals surface area contributed by atoms with Crippen LogP contribution in [0.25, 0.3) is 0 Å². The van der Waals surface area contributed by atoms with Gasteiger partial charge < -0.3 is 25.8 Å². The molecule has 2 heterocycles. The zero-order chi connectivity index (χ0) is 29.1. The van der Waals surface area contributed by atoms with Crippen LogP contribution in [-0.4, -0.2) is 135 Å². The van der Waals surface area contributed by atoms with Gasteiger partial charge in [-0.3, -0.25) is 9.69 Å². The SMILES string of the molecule is COCCOOCCOC.N[C@@H]1CN(Cc2ccccc2)C(=O)C12CC2.N[C@@H]1CN(Cc2ccccc2)CC12CC2.S.S.[AlH2].[Na]. The Labute approximate surface area is 316 Å². The number of methoxy groups -OCH3 is 2. The third-order valence-electron chi connectivity index (χ3n) is 8.59. The van der Waals surface area contributed by atoms with Gasteiger partial charge in [0, 0.05) is 88.6 Å². The minimum Gasteiger partial charge on any atom is -0.382 e. The van der Waals surface area contributed by atoms with Gasteiger partial charge in [-0.1, -0.05) is 60.7 Å². The molecule has 0 bridgehead atoms. The smallest absolute Gasteiger partial charge is 0.230 e. The molecule has 2 spiro atoms. The minimum absolute atomic E-state index is 0. The summed E-state index contributed by atoms with van der Waals surface area (Å²) in [5, 5.41) is 0. The number of nitrogens with two attached hydrogens (primary N) is 2. The average Bonchev–Trinajstić information content (AvgIpc) is 3.90. The Balaban J connectivity index is 0.000000636. The second-order valence-corrected chi connectivity index (χ2v) is 11.7. The largest absolute Gasteiger partial charge is 0.382 e. The number of nitrogens with zero attached hydrogens (tertiary/aromatic N) is 2. The van der Waals surface area contributed by atoms with Crippen LogP contribution in [0.3, 0.4) is 0 Å². The fourth-order valence-electron chi connectivity index (χ4n) is 5.73. The van der Waals surface area contributed by atoms with Crippen molar-refractivity contribution in [3.05, 3.63) is 71.8 Å². The van der Waals surface area contributed by atoms with Crippen LogP contribution in [0.15, 0.2) is 60.7 Å². The minimum atomic E-state index is -0.172. The molecule has 2 aliphatic heterocycles. The van der Waals surface area contributed by atoms with Crippen molar-refractivity contribution in [3.8, 4) is 0 Å². The molecule has 0 unspecified atom stereocenters. The van der Waals surface area contributed by atoms with Crippen LogP contribution in [0.2, 0.25) is 0 Å². The molecule has 6 rings (SSSR count). The summed E-state index contributed by atoms with van der Waals surface area (Å²) in [7, 11) is 3.22. The summed E-state index contributed by atoms with van der Waals surface area (Å²) in [6.45, 7) is 6.79. The second-order valence-electron chi connectivity index (χ2n) is 11.7. The van der Waals surface area contributed by atoms with E-state index >= 15 is 0 Å². The van der Waals surface area contributed by atoms with Crippen molar-refractivity contribution in [2.45, 2.75) is 50.9 Å². The predicted octanol–water partition coefficient (Wildman–Crippen LogP) is 1.90. The number of hydrogen-bond acceptors (Lipinski definition) is 8. The molecule has 2 saturated carbocycles. The molecule has 2 aromatic carbocycles. The number of likely N-dealkylation sites (tertiary alicyclic amines) is 2. The van der Waals surface area contributed by atoms with E-state index in [0.717, 1.165) is 25.9 Å². The molecule has 4 fully saturated rings. The Morgan fingerprint density at radius 3 is 1.62 bits per heavy atom. The van der Waals surface area contributed by atoms with E-state index in [2.05, 4.69) is 57.1 Å². The number of carbonyl (C=O) groups excluding carboxylic acids is 1. The molecule has 2 radical (unpaired) electrons. The Morgan fingerprint density at radius 2 is 1.22 bits per heavy atom. The summed E-state index contributed by atoms with van der Waals surface area (Å²) in [6, 6.07) is 21.2. The van der Waals surface area contributed by atoms with Crippen molar-refractivity contribution in [2.75, 3.05) is 60.3 Å². The molecule has 2 saturated heterocycles. The third-order valence-corrected chi connectivity index (χ3v) is 8.59. The van der Waals surface area contributed by atoms with Crippen LogP contribution in [0.4, 0.5) is 0 Å². The maximum absolute atomic E-state index is 12.2. The van der Waals surface area contributed by atoms with Gasteiger partial charge in [0.1, 0.15) is 30.6 Å². The van der Waals surface area contributed by atoms with Crippen LogP contribution in [0.5, 0.6) is 0 Å². The predicted molar refractivity (Wildman–Crippen MR) is 194 cm³/mol. The van der Waals surface area contributed by atoms with Gasteiger partial charge in [0.15, 0.2) is 0 Å². The van der Waals surface area contributed by atoms with Gasteiger partial charge in [-0.05, 0) is 42.2 Å². The Kier molecular flexibility index (Phi) is 22.4. The van der Waals surface area contributed by atoms with Gasteiger partial charge in [0.05, 0.1) is 18.6 Å². The van der Waals surface area contributed by atoms with Crippen LogP contribution in [0, 0.1) is 10.8 Å². The van der Waals surface area contributed by atoms with Crippen molar-refractivity contribution in [3.63, 3.8) is 0 Å². The van der Waals surface area contributed by atoms with E-state index in [4.69, 9.17) is 20.9 Å². The number of rotatable bonds is 11. The average molecular weight is 689 g/mol. The first kappa shape index (κ1) is 44.9. The maximum atomic E-state index is 12.2. The second kappa shape index (κ2) is 22.5. The Hall–Kier alpha value is -0.138. The van der Waals surface area contributed by atoms with E-state index in [-0.39, 0.29) is 91.3 Å². The molecule has 2 aliphatic carbocycles. The molecule has 0 aromatic heterocycles. The number of ether oxygens (including phenoxy) is 2.